The first-order valence-electron chi connectivity index (χ1n) is 9.87. The maximum Gasteiger partial charge on any atom is 0.123 e. The molecule has 0 spiro atoms. The molecule has 2 saturated heterocycles. The molecule has 2 unspecified atom stereocenters. The quantitative estimate of drug-likeness (QED) is 0.777. The van der Waals surface area contributed by atoms with Crippen LogP contribution in [0.1, 0.15) is 43.2 Å². The van der Waals surface area contributed by atoms with E-state index in [1.54, 1.807) is 24.3 Å². The SMILES string of the molecule is C[N+]1(C)C2CCC1CC(CC(O)(c1ccc(F)cc1)c1ccc(F)cc1)C2. The highest BCUT2D eigenvalue weighted by Crippen LogP contribution is 2.47. The van der Waals surface area contributed by atoms with E-state index in [4.69, 9.17) is 0 Å². The summed E-state index contributed by atoms with van der Waals surface area (Å²) >= 11 is 0. The Morgan fingerprint density at radius 2 is 1.26 bits per heavy atom. The van der Waals surface area contributed by atoms with Gasteiger partial charge in [-0.25, -0.2) is 8.78 Å². The fourth-order valence-electron chi connectivity index (χ4n) is 5.43. The van der Waals surface area contributed by atoms with Gasteiger partial charge in [-0.15, -0.1) is 0 Å². The molecule has 2 aliphatic heterocycles. The molecule has 0 amide bonds. The van der Waals surface area contributed by atoms with Crippen molar-refractivity contribution in [1.82, 2.24) is 0 Å². The molecule has 1 N–H and O–H groups in total. The van der Waals surface area contributed by atoms with E-state index in [-0.39, 0.29) is 11.6 Å². The fraction of sp³-hybridized carbons (Fsp3) is 0.478. The molecule has 0 radical (unpaired) electrons. The van der Waals surface area contributed by atoms with Crippen molar-refractivity contribution in [2.24, 2.45) is 5.92 Å². The smallest absolute Gasteiger partial charge is 0.123 e. The van der Waals surface area contributed by atoms with E-state index >= 15 is 0 Å². The lowest BCUT2D eigenvalue weighted by molar-refractivity contribution is -0.931. The van der Waals surface area contributed by atoms with Crippen LogP contribution in [0.3, 0.4) is 0 Å². The van der Waals surface area contributed by atoms with Gasteiger partial charge in [0.1, 0.15) is 17.2 Å². The number of quaternary nitrogens is 1. The monoisotopic (exact) mass is 372 g/mol. The van der Waals surface area contributed by atoms with Crippen LogP contribution in [0.5, 0.6) is 0 Å². The minimum atomic E-state index is -1.24. The first kappa shape index (κ1) is 18.6. The zero-order valence-electron chi connectivity index (χ0n) is 16.0. The highest BCUT2D eigenvalue weighted by atomic mass is 19.1. The van der Waals surface area contributed by atoms with Gasteiger partial charge in [0, 0.05) is 25.7 Å². The van der Waals surface area contributed by atoms with Gasteiger partial charge in [-0.2, -0.15) is 0 Å². The Kier molecular flexibility index (Phi) is 4.59. The van der Waals surface area contributed by atoms with Crippen molar-refractivity contribution in [3.8, 4) is 0 Å². The molecule has 0 aliphatic carbocycles. The van der Waals surface area contributed by atoms with Gasteiger partial charge in [0.2, 0.25) is 0 Å². The Morgan fingerprint density at radius 3 is 1.67 bits per heavy atom. The first-order chi connectivity index (χ1) is 12.8. The Bertz CT molecular complexity index is 739. The second-order valence-electron chi connectivity index (χ2n) is 8.93. The average Bonchev–Trinajstić information content (AvgIpc) is 2.80. The van der Waals surface area contributed by atoms with Gasteiger partial charge >= 0.3 is 0 Å². The number of hydrogen-bond donors (Lipinski definition) is 1. The van der Waals surface area contributed by atoms with Gasteiger partial charge in [-0.3, -0.25) is 0 Å². The molecule has 2 nitrogen and oxygen atoms in total. The summed E-state index contributed by atoms with van der Waals surface area (Å²) in [5.41, 5.74) is 0.101. The van der Waals surface area contributed by atoms with Crippen LogP contribution >= 0.6 is 0 Å². The lowest BCUT2D eigenvalue weighted by Gasteiger charge is -2.46. The van der Waals surface area contributed by atoms with Crippen molar-refractivity contribution in [3.63, 3.8) is 0 Å². The molecule has 2 aromatic carbocycles. The number of nitrogens with zero attached hydrogens (tertiary/aromatic N) is 1. The summed E-state index contributed by atoms with van der Waals surface area (Å²) < 4.78 is 28.0. The molecule has 4 heteroatoms. The van der Waals surface area contributed by atoms with E-state index in [2.05, 4.69) is 14.1 Å². The number of aliphatic hydroxyl groups is 1. The van der Waals surface area contributed by atoms with E-state index in [1.807, 2.05) is 0 Å². The van der Waals surface area contributed by atoms with Crippen LogP contribution in [0.15, 0.2) is 48.5 Å². The van der Waals surface area contributed by atoms with Crippen LogP contribution in [0.4, 0.5) is 8.78 Å². The summed E-state index contributed by atoms with van der Waals surface area (Å²) in [5.74, 6) is -0.251. The van der Waals surface area contributed by atoms with Crippen LogP contribution in [0.25, 0.3) is 0 Å². The molecular weight excluding hydrogens is 344 g/mol. The number of benzene rings is 2. The topological polar surface area (TPSA) is 20.2 Å². The van der Waals surface area contributed by atoms with Crippen LogP contribution in [-0.4, -0.2) is 35.8 Å². The molecule has 4 rings (SSSR count). The zero-order valence-corrected chi connectivity index (χ0v) is 16.0. The summed E-state index contributed by atoms with van der Waals surface area (Å²) in [5, 5.41) is 11.8. The van der Waals surface area contributed by atoms with Crippen molar-refractivity contribution in [2.45, 2.75) is 49.8 Å². The predicted octanol–water partition coefficient (Wildman–Crippen LogP) is 4.61. The van der Waals surface area contributed by atoms with Crippen molar-refractivity contribution in [1.29, 1.82) is 0 Å². The van der Waals surface area contributed by atoms with Gasteiger partial charge in [-0.1, -0.05) is 24.3 Å². The summed E-state index contributed by atoms with van der Waals surface area (Å²) in [7, 11) is 4.65. The number of fused-ring (bicyclic) bond motifs is 2. The van der Waals surface area contributed by atoms with Gasteiger partial charge in [-0.05, 0) is 47.7 Å². The minimum Gasteiger partial charge on any atom is -0.380 e. The number of hydrogen-bond acceptors (Lipinski definition) is 1. The van der Waals surface area contributed by atoms with Gasteiger partial charge in [0.25, 0.3) is 0 Å². The van der Waals surface area contributed by atoms with E-state index < -0.39 is 5.60 Å². The first-order valence-corrected chi connectivity index (χ1v) is 9.87. The van der Waals surface area contributed by atoms with Gasteiger partial charge in [0.05, 0.1) is 26.2 Å². The molecular formula is C23H28F2NO+. The number of halogens is 2. The van der Waals surface area contributed by atoms with E-state index in [9.17, 15) is 13.9 Å². The second kappa shape index (κ2) is 6.68. The Hall–Kier alpha value is -1.78. The lowest BCUT2D eigenvalue weighted by Crippen LogP contribution is -2.55. The zero-order chi connectivity index (χ0) is 19.2. The normalized spacial score (nSPS) is 26.9. The third kappa shape index (κ3) is 3.30. The molecule has 144 valence electrons. The summed E-state index contributed by atoms with van der Waals surface area (Å²) in [6, 6.07) is 13.4. The number of piperidine rings is 1. The lowest BCUT2D eigenvalue weighted by atomic mass is 9.75. The third-order valence-corrected chi connectivity index (χ3v) is 7.15. The number of rotatable bonds is 4. The van der Waals surface area contributed by atoms with E-state index in [1.165, 1.54) is 37.1 Å². The third-order valence-electron chi connectivity index (χ3n) is 7.15. The fourth-order valence-corrected chi connectivity index (χ4v) is 5.43. The molecule has 2 bridgehead atoms. The maximum atomic E-state index is 13.5. The van der Waals surface area contributed by atoms with Crippen LogP contribution in [0.2, 0.25) is 0 Å². The molecule has 2 heterocycles. The maximum absolute atomic E-state index is 13.5. The highest BCUT2D eigenvalue weighted by molar-refractivity contribution is 5.36. The predicted molar refractivity (Wildman–Crippen MR) is 102 cm³/mol. The molecule has 2 aliphatic rings. The van der Waals surface area contributed by atoms with Gasteiger partial charge < -0.3 is 9.59 Å². The van der Waals surface area contributed by atoms with E-state index in [0.29, 0.717) is 35.5 Å². The summed E-state index contributed by atoms with van der Waals surface area (Å²) in [6.07, 6.45) is 5.26. The molecule has 2 fully saturated rings. The van der Waals surface area contributed by atoms with Crippen molar-refractivity contribution < 1.29 is 18.4 Å². The van der Waals surface area contributed by atoms with Crippen LogP contribution < -0.4 is 0 Å². The minimum absolute atomic E-state index is 0.324. The van der Waals surface area contributed by atoms with Gasteiger partial charge in [0.15, 0.2) is 0 Å². The van der Waals surface area contributed by atoms with Crippen LogP contribution in [-0.2, 0) is 5.60 Å². The largest absolute Gasteiger partial charge is 0.380 e. The average molecular weight is 372 g/mol. The van der Waals surface area contributed by atoms with Crippen LogP contribution in [0, 0.1) is 17.6 Å². The molecule has 2 aromatic rings. The standard InChI is InChI=1S/C23H28F2NO/c1-26(2)21-11-12-22(26)14-16(13-21)15-23(27,17-3-7-19(24)8-4-17)18-5-9-20(25)10-6-18/h3-10,16,21-22,27H,11-15H2,1-2H3/q+1. The van der Waals surface area contributed by atoms with E-state index in [0.717, 1.165) is 17.3 Å². The van der Waals surface area contributed by atoms with Crippen molar-refractivity contribution in [2.75, 3.05) is 14.1 Å². The molecule has 0 aromatic heterocycles. The summed E-state index contributed by atoms with van der Waals surface area (Å²) in [6.45, 7) is 0. The molecule has 27 heavy (non-hydrogen) atoms. The Morgan fingerprint density at radius 1 is 0.852 bits per heavy atom. The van der Waals surface area contributed by atoms with Crippen molar-refractivity contribution in [3.05, 3.63) is 71.3 Å². The summed E-state index contributed by atoms with van der Waals surface area (Å²) in [4.78, 5) is 0. The molecule has 0 saturated carbocycles. The Balaban J connectivity index is 1.67. The van der Waals surface area contributed by atoms with Crippen molar-refractivity contribution >= 4 is 0 Å². The second-order valence-corrected chi connectivity index (χ2v) is 8.93. The Labute approximate surface area is 160 Å². The highest BCUT2D eigenvalue weighted by Gasteiger charge is 2.50. The molecule has 2 atom stereocenters.